The molecule has 0 nitrogen and oxygen atoms in total. The van der Waals surface area contributed by atoms with Crippen LogP contribution < -0.4 is 0 Å². The molecule has 0 aliphatic heterocycles. The van der Waals surface area contributed by atoms with E-state index in [1.165, 1.54) is 44.9 Å². The van der Waals surface area contributed by atoms with Crippen LogP contribution in [0.4, 0.5) is 0 Å². The molecule has 0 spiro atoms. The lowest BCUT2D eigenvalue weighted by molar-refractivity contribution is 0.249. The van der Waals surface area contributed by atoms with Crippen LogP contribution in [0, 0.1) is 41.4 Å². The van der Waals surface area contributed by atoms with Crippen LogP contribution in [0.25, 0.3) is 0 Å². The first-order valence-corrected chi connectivity index (χ1v) is 7.66. The SMILES string of the molecule is CC1CCCC(C#CC2CCC(C)CC2C)C1. The monoisotopic (exact) mass is 232 g/mol. The molecule has 2 fully saturated rings. The van der Waals surface area contributed by atoms with Crippen LogP contribution in [0.15, 0.2) is 0 Å². The highest BCUT2D eigenvalue weighted by atomic mass is 14.3. The van der Waals surface area contributed by atoms with Crippen molar-refractivity contribution in [1.29, 1.82) is 0 Å². The Kier molecular flexibility index (Phi) is 4.55. The smallest absolute Gasteiger partial charge is 0.0228 e. The largest absolute Gasteiger partial charge is 0.0996 e. The number of rotatable bonds is 0. The van der Waals surface area contributed by atoms with Crippen LogP contribution in [0.5, 0.6) is 0 Å². The van der Waals surface area contributed by atoms with Crippen molar-refractivity contribution < 1.29 is 0 Å². The normalized spacial score (nSPS) is 42.6. The quantitative estimate of drug-likeness (QED) is 0.522. The van der Waals surface area contributed by atoms with E-state index in [9.17, 15) is 0 Å². The molecule has 5 atom stereocenters. The molecule has 0 aromatic heterocycles. The van der Waals surface area contributed by atoms with Gasteiger partial charge in [-0.2, -0.15) is 0 Å². The van der Waals surface area contributed by atoms with Crippen molar-refractivity contribution in [2.45, 2.75) is 65.7 Å². The molecule has 0 radical (unpaired) electrons. The van der Waals surface area contributed by atoms with Crippen LogP contribution in [-0.4, -0.2) is 0 Å². The molecule has 2 rings (SSSR count). The van der Waals surface area contributed by atoms with Crippen molar-refractivity contribution in [2.75, 3.05) is 0 Å². The summed E-state index contributed by atoms with van der Waals surface area (Å²) in [5.74, 6) is 11.3. The second-order valence-corrected chi connectivity index (χ2v) is 6.76. The van der Waals surface area contributed by atoms with E-state index >= 15 is 0 Å². The van der Waals surface area contributed by atoms with Gasteiger partial charge in [-0.15, -0.1) is 0 Å². The van der Waals surface area contributed by atoms with Crippen molar-refractivity contribution in [3.63, 3.8) is 0 Å². The van der Waals surface area contributed by atoms with Crippen LogP contribution in [0.1, 0.15) is 65.7 Å². The van der Waals surface area contributed by atoms with E-state index in [-0.39, 0.29) is 0 Å². The predicted octanol–water partition coefficient (Wildman–Crippen LogP) is 4.89. The van der Waals surface area contributed by atoms with E-state index in [0.29, 0.717) is 11.8 Å². The summed E-state index contributed by atoms with van der Waals surface area (Å²) in [6, 6.07) is 0. The van der Waals surface area contributed by atoms with Gasteiger partial charge in [0, 0.05) is 11.8 Å². The van der Waals surface area contributed by atoms with Gasteiger partial charge in [-0.3, -0.25) is 0 Å². The maximum absolute atomic E-state index is 3.63. The van der Waals surface area contributed by atoms with Crippen molar-refractivity contribution in [2.24, 2.45) is 29.6 Å². The van der Waals surface area contributed by atoms with Crippen LogP contribution in [-0.2, 0) is 0 Å². The van der Waals surface area contributed by atoms with Crippen molar-refractivity contribution >= 4 is 0 Å². The Morgan fingerprint density at radius 2 is 1.53 bits per heavy atom. The molecule has 2 saturated carbocycles. The zero-order valence-corrected chi connectivity index (χ0v) is 11.8. The Morgan fingerprint density at radius 3 is 2.24 bits per heavy atom. The first kappa shape index (κ1) is 13.0. The lowest BCUT2D eigenvalue weighted by Gasteiger charge is -2.29. The summed E-state index contributed by atoms with van der Waals surface area (Å²) in [6.45, 7) is 7.18. The van der Waals surface area contributed by atoms with E-state index in [2.05, 4.69) is 32.6 Å². The third-order valence-corrected chi connectivity index (χ3v) is 4.84. The topological polar surface area (TPSA) is 0 Å². The van der Waals surface area contributed by atoms with Crippen LogP contribution in [0.3, 0.4) is 0 Å². The van der Waals surface area contributed by atoms with Gasteiger partial charge in [-0.05, 0) is 49.9 Å². The van der Waals surface area contributed by atoms with Crippen LogP contribution in [0.2, 0.25) is 0 Å². The standard InChI is InChI=1S/C17H28/c1-13-5-4-6-16(12-13)8-10-17-9-7-14(2)11-15(17)3/h13-17H,4-7,9,11-12H2,1-3H3. The van der Waals surface area contributed by atoms with Crippen molar-refractivity contribution in [1.82, 2.24) is 0 Å². The fourth-order valence-corrected chi connectivity index (χ4v) is 3.67. The first-order valence-electron chi connectivity index (χ1n) is 7.66. The van der Waals surface area contributed by atoms with Gasteiger partial charge in [-0.25, -0.2) is 0 Å². The molecule has 0 heteroatoms. The molecule has 0 heterocycles. The van der Waals surface area contributed by atoms with Gasteiger partial charge in [0.15, 0.2) is 0 Å². The second-order valence-electron chi connectivity index (χ2n) is 6.76. The van der Waals surface area contributed by atoms with Gasteiger partial charge in [0.1, 0.15) is 0 Å². The Bertz CT molecular complexity index is 293. The summed E-state index contributed by atoms with van der Waals surface area (Å²) >= 11 is 0. The molecule has 0 aromatic carbocycles. The molecule has 0 saturated heterocycles. The first-order chi connectivity index (χ1) is 8.15. The minimum Gasteiger partial charge on any atom is -0.0996 e. The van der Waals surface area contributed by atoms with Gasteiger partial charge in [0.25, 0.3) is 0 Å². The Hall–Kier alpha value is -0.440. The average molecular weight is 232 g/mol. The molecule has 0 amide bonds. The van der Waals surface area contributed by atoms with Gasteiger partial charge in [0.2, 0.25) is 0 Å². The van der Waals surface area contributed by atoms with Crippen LogP contribution >= 0.6 is 0 Å². The lowest BCUT2D eigenvalue weighted by Crippen LogP contribution is -2.20. The van der Waals surface area contributed by atoms with Gasteiger partial charge in [-0.1, -0.05) is 45.5 Å². The zero-order valence-electron chi connectivity index (χ0n) is 11.8. The highest BCUT2D eigenvalue weighted by Gasteiger charge is 2.24. The Balaban J connectivity index is 1.87. The minimum absolute atomic E-state index is 0.698. The number of hydrogen-bond donors (Lipinski definition) is 0. The van der Waals surface area contributed by atoms with Gasteiger partial charge < -0.3 is 0 Å². The molecule has 2 aliphatic carbocycles. The third kappa shape index (κ3) is 3.77. The number of hydrogen-bond acceptors (Lipinski definition) is 0. The maximum atomic E-state index is 3.63. The third-order valence-electron chi connectivity index (χ3n) is 4.84. The maximum Gasteiger partial charge on any atom is 0.0228 e. The summed E-state index contributed by atoms with van der Waals surface area (Å²) in [5, 5.41) is 0. The van der Waals surface area contributed by atoms with Crippen molar-refractivity contribution in [3.8, 4) is 11.8 Å². The van der Waals surface area contributed by atoms with E-state index in [4.69, 9.17) is 0 Å². The highest BCUT2D eigenvalue weighted by molar-refractivity contribution is 5.10. The summed E-state index contributed by atoms with van der Waals surface area (Å²) in [7, 11) is 0. The fourth-order valence-electron chi connectivity index (χ4n) is 3.67. The zero-order chi connectivity index (χ0) is 12.3. The predicted molar refractivity (Wildman–Crippen MR) is 74.6 cm³/mol. The molecule has 96 valence electrons. The van der Waals surface area contributed by atoms with E-state index < -0.39 is 0 Å². The molecule has 5 unspecified atom stereocenters. The van der Waals surface area contributed by atoms with E-state index in [1.54, 1.807) is 0 Å². The molecular weight excluding hydrogens is 204 g/mol. The van der Waals surface area contributed by atoms with Crippen molar-refractivity contribution in [3.05, 3.63) is 0 Å². The Labute approximate surface area is 108 Å². The summed E-state index contributed by atoms with van der Waals surface area (Å²) in [4.78, 5) is 0. The van der Waals surface area contributed by atoms with E-state index in [0.717, 1.165) is 17.8 Å². The summed E-state index contributed by atoms with van der Waals surface area (Å²) in [5.41, 5.74) is 0. The summed E-state index contributed by atoms with van der Waals surface area (Å²) < 4.78 is 0. The van der Waals surface area contributed by atoms with Gasteiger partial charge >= 0.3 is 0 Å². The molecule has 0 aromatic rings. The Morgan fingerprint density at radius 1 is 0.765 bits per heavy atom. The van der Waals surface area contributed by atoms with Gasteiger partial charge in [0.05, 0.1) is 0 Å². The molecule has 17 heavy (non-hydrogen) atoms. The average Bonchev–Trinajstić information content (AvgIpc) is 2.28. The molecule has 2 aliphatic rings. The molecule has 0 bridgehead atoms. The molecular formula is C17H28. The summed E-state index contributed by atoms with van der Waals surface area (Å²) in [6.07, 6.45) is 9.66. The molecule has 0 N–H and O–H groups in total. The lowest BCUT2D eigenvalue weighted by atomic mass is 9.75. The van der Waals surface area contributed by atoms with E-state index in [1.807, 2.05) is 0 Å². The second kappa shape index (κ2) is 5.94. The minimum atomic E-state index is 0.698. The fraction of sp³-hybridized carbons (Fsp3) is 0.882. The highest BCUT2D eigenvalue weighted by Crippen LogP contribution is 2.33.